The molecule has 12 heteroatoms. The second-order valence-corrected chi connectivity index (χ2v) is 16.5. The third kappa shape index (κ3) is 8.30. The fourth-order valence-corrected chi connectivity index (χ4v) is 9.35. The van der Waals surface area contributed by atoms with E-state index < -0.39 is 39.9 Å². The molecule has 1 aromatic rings. The number of sulfonamides is 1. The summed E-state index contributed by atoms with van der Waals surface area (Å²) in [6, 6.07) is 5.28. The summed E-state index contributed by atoms with van der Waals surface area (Å²) in [5.74, 6) is 0. The van der Waals surface area contributed by atoms with Crippen molar-refractivity contribution in [1.29, 1.82) is 0 Å². The van der Waals surface area contributed by atoms with Crippen LogP contribution in [0.3, 0.4) is 0 Å². The fourth-order valence-electron chi connectivity index (χ4n) is 4.47. The predicted molar refractivity (Wildman–Crippen MR) is 142 cm³/mol. The maximum absolute atomic E-state index is 13.6. The highest BCUT2D eigenvalue weighted by molar-refractivity contribution is 7.89. The van der Waals surface area contributed by atoms with Crippen LogP contribution >= 0.6 is 0 Å². The standard InChI is InChI=1S/C24H39N3O7SSi/c1-8-13-33-27(35(30,31)23-12-10-9-11-21(23)26(28)29)22-15-25-20(14-19(22)16-32-5)17-34-36(6,7)18-24(2,3)4/h8-12,14,20,22,25H,1,13,15-18H2,2-7H3/t20?,22-/m1/s1. The van der Waals surface area contributed by atoms with Gasteiger partial charge in [0.15, 0.2) is 13.2 Å². The van der Waals surface area contributed by atoms with Crippen molar-refractivity contribution >= 4 is 24.0 Å². The van der Waals surface area contributed by atoms with Gasteiger partial charge in [-0.25, -0.2) is 8.42 Å². The highest BCUT2D eigenvalue weighted by Gasteiger charge is 2.40. The van der Waals surface area contributed by atoms with Gasteiger partial charge in [-0.3, -0.25) is 15.0 Å². The van der Waals surface area contributed by atoms with E-state index in [-0.39, 0.29) is 31.2 Å². The Morgan fingerprint density at radius 1 is 1.31 bits per heavy atom. The molecular formula is C24H39N3O7SSi. The van der Waals surface area contributed by atoms with Crippen molar-refractivity contribution in [3.05, 3.63) is 58.7 Å². The average molecular weight is 542 g/mol. The molecule has 0 saturated heterocycles. The number of hydroxylamine groups is 1. The van der Waals surface area contributed by atoms with Gasteiger partial charge in [0, 0.05) is 25.8 Å². The summed E-state index contributed by atoms with van der Waals surface area (Å²) in [7, 11) is -4.81. The molecule has 1 aliphatic heterocycles. The van der Waals surface area contributed by atoms with Crippen molar-refractivity contribution < 1.29 is 27.3 Å². The number of nitro benzene ring substituents is 1. The molecule has 1 aliphatic rings. The quantitative estimate of drug-likeness (QED) is 0.173. The van der Waals surface area contributed by atoms with Crippen LogP contribution in [0.2, 0.25) is 19.1 Å². The lowest BCUT2D eigenvalue weighted by Crippen LogP contribution is -2.53. The van der Waals surface area contributed by atoms with Gasteiger partial charge in [0.25, 0.3) is 15.7 Å². The van der Waals surface area contributed by atoms with Crippen molar-refractivity contribution in [2.45, 2.75) is 56.9 Å². The summed E-state index contributed by atoms with van der Waals surface area (Å²) in [5.41, 5.74) is 0.310. The molecule has 0 fully saturated rings. The van der Waals surface area contributed by atoms with E-state index in [0.717, 1.165) is 16.6 Å². The lowest BCUT2D eigenvalue weighted by Gasteiger charge is -2.37. The molecule has 0 saturated carbocycles. The van der Waals surface area contributed by atoms with E-state index in [2.05, 4.69) is 45.8 Å². The maximum Gasteiger partial charge on any atom is 0.289 e. The molecule has 202 valence electrons. The van der Waals surface area contributed by atoms with Gasteiger partial charge in [0.2, 0.25) is 0 Å². The normalized spacial score (nSPS) is 19.2. The molecule has 2 rings (SSSR count). The molecule has 0 radical (unpaired) electrons. The van der Waals surface area contributed by atoms with Crippen molar-refractivity contribution in [3.63, 3.8) is 0 Å². The van der Waals surface area contributed by atoms with E-state index in [1.54, 1.807) is 0 Å². The number of hydrogen-bond acceptors (Lipinski definition) is 8. The summed E-state index contributed by atoms with van der Waals surface area (Å²) >= 11 is 0. The minimum atomic E-state index is -4.41. The molecule has 2 atom stereocenters. The largest absolute Gasteiger partial charge is 0.415 e. The summed E-state index contributed by atoms with van der Waals surface area (Å²) in [6.07, 6.45) is 3.31. The molecule has 0 bridgehead atoms. The number of rotatable bonds is 13. The van der Waals surface area contributed by atoms with Crippen LogP contribution in [-0.2, 0) is 24.0 Å². The van der Waals surface area contributed by atoms with E-state index in [0.29, 0.717) is 12.2 Å². The Hall–Kier alpha value is -1.93. The zero-order chi connectivity index (χ0) is 27.1. The molecule has 1 unspecified atom stereocenters. The van der Waals surface area contributed by atoms with Gasteiger partial charge < -0.3 is 14.5 Å². The van der Waals surface area contributed by atoms with Crippen molar-refractivity contribution in [2.24, 2.45) is 5.41 Å². The Kier molecular flexibility index (Phi) is 10.6. The second kappa shape index (κ2) is 12.5. The van der Waals surface area contributed by atoms with Gasteiger partial charge in [-0.05, 0) is 36.2 Å². The zero-order valence-electron chi connectivity index (χ0n) is 22.0. The zero-order valence-corrected chi connectivity index (χ0v) is 23.8. The summed E-state index contributed by atoms with van der Waals surface area (Å²) in [5, 5.41) is 14.9. The van der Waals surface area contributed by atoms with Gasteiger partial charge in [0.05, 0.1) is 30.8 Å². The van der Waals surface area contributed by atoms with Gasteiger partial charge in [-0.1, -0.05) is 49.5 Å². The molecule has 1 N–H and O–H groups in total. The van der Waals surface area contributed by atoms with Crippen LogP contribution in [0.1, 0.15) is 20.8 Å². The van der Waals surface area contributed by atoms with Crippen LogP contribution in [0.4, 0.5) is 5.69 Å². The minimum Gasteiger partial charge on any atom is -0.415 e. The highest BCUT2D eigenvalue weighted by Crippen LogP contribution is 2.31. The third-order valence-corrected chi connectivity index (χ3v) is 10.1. The Morgan fingerprint density at radius 3 is 2.56 bits per heavy atom. The number of hydrogen-bond donors (Lipinski definition) is 1. The van der Waals surface area contributed by atoms with Gasteiger partial charge >= 0.3 is 0 Å². The van der Waals surface area contributed by atoms with Gasteiger partial charge in [-0.2, -0.15) is 0 Å². The number of benzene rings is 1. The average Bonchev–Trinajstić information content (AvgIpc) is 2.77. The smallest absolute Gasteiger partial charge is 0.289 e. The Morgan fingerprint density at radius 2 is 1.97 bits per heavy atom. The van der Waals surface area contributed by atoms with E-state index in [1.807, 2.05) is 6.08 Å². The molecule has 0 aromatic heterocycles. The number of para-hydroxylation sites is 1. The third-order valence-electron chi connectivity index (χ3n) is 5.49. The monoisotopic (exact) mass is 541 g/mol. The van der Waals surface area contributed by atoms with E-state index in [9.17, 15) is 18.5 Å². The molecule has 0 amide bonds. The predicted octanol–water partition coefficient (Wildman–Crippen LogP) is 3.88. The first-order valence-electron chi connectivity index (χ1n) is 11.8. The molecule has 0 spiro atoms. The molecule has 10 nitrogen and oxygen atoms in total. The molecule has 36 heavy (non-hydrogen) atoms. The van der Waals surface area contributed by atoms with Crippen LogP contribution in [0.5, 0.6) is 0 Å². The van der Waals surface area contributed by atoms with E-state index >= 15 is 0 Å². The van der Waals surface area contributed by atoms with Crippen molar-refractivity contribution in [2.75, 3.05) is 33.5 Å². The van der Waals surface area contributed by atoms with Crippen LogP contribution in [0, 0.1) is 15.5 Å². The number of methoxy groups -OCH3 is 1. The maximum atomic E-state index is 13.6. The highest BCUT2D eigenvalue weighted by atomic mass is 32.2. The van der Waals surface area contributed by atoms with Crippen LogP contribution in [0.25, 0.3) is 0 Å². The number of ether oxygens (including phenoxy) is 1. The summed E-state index contributed by atoms with van der Waals surface area (Å²) in [6.45, 7) is 15.3. The van der Waals surface area contributed by atoms with Crippen molar-refractivity contribution in [1.82, 2.24) is 9.79 Å². The first-order valence-corrected chi connectivity index (χ1v) is 16.4. The van der Waals surface area contributed by atoms with Gasteiger partial charge in [-0.15, -0.1) is 6.58 Å². The van der Waals surface area contributed by atoms with Crippen molar-refractivity contribution in [3.8, 4) is 0 Å². The minimum absolute atomic E-state index is 0.101. The Balaban J connectivity index is 2.37. The molecular weight excluding hydrogens is 502 g/mol. The second-order valence-electron chi connectivity index (χ2n) is 10.6. The number of nitrogens with zero attached hydrogens (tertiary/aromatic N) is 2. The lowest BCUT2D eigenvalue weighted by atomic mass is 10.0. The molecule has 0 aliphatic carbocycles. The van der Waals surface area contributed by atoms with Crippen LogP contribution < -0.4 is 5.32 Å². The lowest BCUT2D eigenvalue weighted by molar-refractivity contribution is -0.387. The van der Waals surface area contributed by atoms with E-state index in [4.69, 9.17) is 14.0 Å². The number of nitrogens with one attached hydrogen (secondary N) is 1. The first kappa shape index (κ1) is 30.3. The first-order chi connectivity index (χ1) is 16.7. The molecule has 1 aromatic carbocycles. The SMILES string of the molecule is C=CCON([C@@H]1CNC(CO[Si](C)(C)CC(C)(C)C)C=C1COC)S(=O)(=O)c1ccccc1[N+](=O)[O-]. The fraction of sp³-hybridized carbons (Fsp3) is 0.583. The Labute approximate surface area is 215 Å². The summed E-state index contributed by atoms with van der Waals surface area (Å²) < 4.78 is 39.8. The van der Waals surface area contributed by atoms with Gasteiger partial charge in [0.1, 0.15) is 0 Å². The van der Waals surface area contributed by atoms with Crippen LogP contribution in [0.15, 0.2) is 53.5 Å². The van der Waals surface area contributed by atoms with E-state index in [1.165, 1.54) is 31.4 Å². The van der Waals surface area contributed by atoms with Crippen LogP contribution in [-0.4, -0.2) is 71.7 Å². The Bertz CT molecular complexity index is 1050. The topological polar surface area (TPSA) is 120 Å². The number of nitro groups is 1. The summed E-state index contributed by atoms with van der Waals surface area (Å²) in [4.78, 5) is 16.0. The molecule has 1 heterocycles.